The number of benzene rings is 2. The van der Waals surface area contributed by atoms with Crippen LogP contribution >= 0.6 is 15.9 Å². The summed E-state index contributed by atoms with van der Waals surface area (Å²) in [6.07, 6.45) is 1.72. The predicted molar refractivity (Wildman–Crippen MR) is 101 cm³/mol. The third kappa shape index (κ3) is 3.30. The van der Waals surface area contributed by atoms with Gasteiger partial charge in [-0.3, -0.25) is 0 Å². The maximum atomic E-state index is 13.3. The highest BCUT2D eigenvalue weighted by Gasteiger charge is 2.42. The minimum absolute atomic E-state index is 0.0115. The molecule has 24 heavy (non-hydrogen) atoms. The van der Waals surface area contributed by atoms with Gasteiger partial charge >= 0.3 is 0 Å². The van der Waals surface area contributed by atoms with E-state index in [4.69, 9.17) is 0 Å². The summed E-state index contributed by atoms with van der Waals surface area (Å²) >= 11 is 3.50. The maximum absolute atomic E-state index is 13.3. The molecule has 1 fully saturated rings. The molecule has 3 nitrogen and oxygen atoms in total. The van der Waals surface area contributed by atoms with Gasteiger partial charge in [0.1, 0.15) is 0 Å². The summed E-state index contributed by atoms with van der Waals surface area (Å²) in [5.74, 6) is 0. The molecule has 2 atom stereocenters. The molecule has 0 unspecified atom stereocenters. The van der Waals surface area contributed by atoms with E-state index < -0.39 is 10.0 Å². The lowest BCUT2D eigenvalue weighted by Gasteiger charge is -2.29. The van der Waals surface area contributed by atoms with Crippen molar-refractivity contribution in [3.8, 4) is 0 Å². The third-order valence-corrected chi connectivity index (χ3v) is 7.40. The number of aryl methyl sites for hydroxylation is 2. The molecule has 3 rings (SSSR count). The van der Waals surface area contributed by atoms with Crippen LogP contribution in [0.5, 0.6) is 0 Å². The molecule has 0 amide bonds. The second kappa shape index (κ2) is 6.98. The number of alkyl halides is 1. The molecule has 0 radical (unpaired) electrons. The Labute approximate surface area is 152 Å². The minimum Gasteiger partial charge on any atom is -0.207 e. The van der Waals surface area contributed by atoms with Gasteiger partial charge in [-0.05, 0) is 44.4 Å². The summed E-state index contributed by atoms with van der Waals surface area (Å²) < 4.78 is 28.2. The zero-order valence-corrected chi connectivity index (χ0v) is 16.3. The summed E-state index contributed by atoms with van der Waals surface area (Å²) in [5, 5.41) is 0.653. The molecule has 2 aromatic rings. The zero-order chi connectivity index (χ0) is 17.3. The third-order valence-electron chi connectivity index (χ3n) is 4.68. The van der Waals surface area contributed by atoms with Crippen LogP contribution in [-0.4, -0.2) is 24.1 Å². The molecular formula is C19H22BrNO2S. The molecule has 2 aromatic carbocycles. The molecule has 0 saturated carbocycles. The summed E-state index contributed by atoms with van der Waals surface area (Å²) in [4.78, 5) is 0.373. The summed E-state index contributed by atoms with van der Waals surface area (Å²) in [6.45, 7) is 4.00. The molecule has 1 aliphatic heterocycles. The average molecular weight is 408 g/mol. The van der Waals surface area contributed by atoms with Crippen LogP contribution in [0.2, 0.25) is 0 Å². The number of sulfonamides is 1. The van der Waals surface area contributed by atoms with E-state index in [9.17, 15) is 8.42 Å². The summed E-state index contributed by atoms with van der Waals surface area (Å²) in [5.41, 5.74) is 3.31. The van der Waals surface area contributed by atoms with Crippen LogP contribution < -0.4 is 0 Å². The second-order valence-corrected chi connectivity index (χ2v) is 8.95. The monoisotopic (exact) mass is 407 g/mol. The van der Waals surface area contributed by atoms with Gasteiger partial charge in [0, 0.05) is 11.4 Å². The standard InChI is InChI=1S/C19H22BrNO2S/c1-14-3-7-16(8-4-14)19-12-9-17(13-20)21(19)24(22,23)18-10-5-15(2)6-11-18/h3-8,10-11,17,19H,9,12-13H2,1-2H3/t17-,19-/m0/s1. The van der Waals surface area contributed by atoms with Crippen LogP contribution in [0.4, 0.5) is 0 Å². The molecule has 1 saturated heterocycles. The van der Waals surface area contributed by atoms with Crippen LogP contribution in [0.25, 0.3) is 0 Å². The quantitative estimate of drug-likeness (QED) is 0.694. The normalized spacial score (nSPS) is 22.0. The number of halogens is 1. The lowest BCUT2D eigenvalue weighted by atomic mass is 10.0. The first kappa shape index (κ1) is 17.6. The van der Waals surface area contributed by atoms with Gasteiger partial charge in [0.15, 0.2) is 0 Å². The number of hydrogen-bond acceptors (Lipinski definition) is 2. The largest absolute Gasteiger partial charge is 0.243 e. The molecule has 5 heteroatoms. The first-order valence-electron chi connectivity index (χ1n) is 8.16. The SMILES string of the molecule is Cc1ccc([C@@H]2CC[C@@H](CBr)N2S(=O)(=O)c2ccc(C)cc2)cc1. The average Bonchev–Trinajstić information content (AvgIpc) is 3.01. The predicted octanol–water partition coefficient (Wildman–Crippen LogP) is 4.59. The van der Waals surface area contributed by atoms with E-state index in [0.29, 0.717) is 10.2 Å². The van der Waals surface area contributed by atoms with Crippen LogP contribution in [0, 0.1) is 13.8 Å². The molecule has 0 aliphatic carbocycles. The highest BCUT2D eigenvalue weighted by atomic mass is 79.9. The van der Waals surface area contributed by atoms with Crippen molar-refractivity contribution in [1.82, 2.24) is 4.31 Å². The highest BCUT2D eigenvalue weighted by Crippen LogP contribution is 2.41. The molecule has 0 spiro atoms. The van der Waals surface area contributed by atoms with E-state index in [1.165, 1.54) is 5.56 Å². The number of rotatable bonds is 4. The fourth-order valence-corrected chi connectivity index (χ4v) is 5.99. The lowest BCUT2D eigenvalue weighted by Crippen LogP contribution is -2.38. The Hall–Kier alpha value is -1.17. The molecule has 0 N–H and O–H groups in total. The molecule has 0 aromatic heterocycles. The fraction of sp³-hybridized carbons (Fsp3) is 0.368. The van der Waals surface area contributed by atoms with Gasteiger partial charge in [-0.1, -0.05) is 63.5 Å². The zero-order valence-electron chi connectivity index (χ0n) is 13.9. The van der Waals surface area contributed by atoms with E-state index in [1.54, 1.807) is 16.4 Å². The molecule has 0 bridgehead atoms. The van der Waals surface area contributed by atoms with Gasteiger partial charge in [0.2, 0.25) is 10.0 Å². The van der Waals surface area contributed by atoms with Gasteiger partial charge in [0.25, 0.3) is 0 Å². The van der Waals surface area contributed by atoms with Gasteiger partial charge in [-0.2, -0.15) is 4.31 Å². The summed E-state index contributed by atoms with van der Waals surface area (Å²) in [7, 11) is -3.52. The van der Waals surface area contributed by atoms with Crippen LogP contribution in [0.15, 0.2) is 53.4 Å². The Balaban J connectivity index is 2.02. The van der Waals surface area contributed by atoms with Crippen molar-refractivity contribution in [3.05, 3.63) is 65.2 Å². The molecule has 128 valence electrons. The Morgan fingerprint density at radius 3 is 2.04 bits per heavy atom. The van der Waals surface area contributed by atoms with Gasteiger partial charge in [-0.25, -0.2) is 8.42 Å². The van der Waals surface area contributed by atoms with Crippen molar-refractivity contribution in [1.29, 1.82) is 0 Å². The number of hydrogen-bond donors (Lipinski definition) is 0. The fourth-order valence-electron chi connectivity index (χ4n) is 3.30. The summed E-state index contributed by atoms with van der Waals surface area (Å²) in [6, 6.07) is 15.2. The smallest absolute Gasteiger partial charge is 0.207 e. The first-order valence-corrected chi connectivity index (χ1v) is 10.7. The van der Waals surface area contributed by atoms with Crippen molar-refractivity contribution in [2.75, 3.05) is 5.33 Å². The highest BCUT2D eigenvalue weighted by molar-refractivity contribution is 9.09. The first-order chi connectivity index (χ1) is 11.4. The molecule has 1 aliphatic rings. The van der Waals surface area contributed by atoms with Crippen molar-refractivity contribution in [3.63, 3.8) is 0 Å². The van der Waals surface area contributed by atoms with E-state index in [2.05, 4.69) is 15.9 Å². The van der Waals surface area contributed by atoms with E-state index in [-0.39, 0.29) is 12.1 Å². The van der Waals surface area contributed by atoms with E-state index in [1.807, 2.05) is 50.2 Å². The Bertz CT molecular complexity index is 800. The molecular weight excluding hydrogens is 386 g/mol. The lowest BCUT2D eigenvalue weighted by molar-refractivity contribution is 0.344. The van der Waals surface area contributed by atoms with Crippen molar-refractivity contribution < 1.29 is 8.42 Å². The topological polar surface area (TPSA) is 37.4 Å². The Morgan fingerprint density at radius 1 is 0.958 bits per heavy atom. The minimum atomic E-state index is -3.52. The van der Waals surface area contributed by atoms with Crippen molar-refractivity contribution >= 4 is 26.0 Å². The van der Waals surface area contributed by atoms with E-state index >= 15 is 0 Å². The van der Waals surface area contributed by atoms with Crippen molar-refractivity contribution in [2.45, 2.75) is 43.7 Å². The van der Waals surface area contributed by atoms with E-state index in [0.717, 1.165) is 24.0 Å². The van der Waals surface area contributed by atoms with Crippen LogP contribution in [-0.2, 0) is 10.0 Å². The van der Waals surface area contributed by atoms with Crippen LogP contribution in [0.3, 0.4) is 0 Å². The molecule has 1 heterocycles. The van der Waals surface area contributed by atoms with Crippen molar-refractivity contribution in [2.24, 2.45) is 0 Å². The van der Waals surface area contributed by atoms with Crippen LogP contribution in [0.1, 0.15) is 35.6 Å². The van der Waals surface area contributed by atoms with Gasteiger partial charge < -0.3 is 0 Å². The Morgan fingerprint density at radius 2 is 1.50 bits per heavy atom. The Kier molecular flexibility index (Phi) is 5.13. The van der Waals surface area contributed by atoms with Gasteiger partial charge in [0.05, 0.1) is 10.9 Å². The number of nitrogens with zero attached hydrogens (tertiary/aromatic N) is 1. The maximum Gasteiger partial charge on any atom is 0.243 e. The second-order valence-electron chi connectivity index (χ2n) is 6.46. The van der Waals surface area contributed by atoms with Gasteiger partial charge in [-0.15, -0.1) is 0 Å².